The van der Waals surface area contributed by atoms with E-state index in [9.17, 15) is 22.0 Å². The Hall–Kier alpha value is -3.35. The first-order valence-electron chi connectivity index (χ1n) is 14.8. The van der Waals surface area contributed by atoms with Gasteiger partial charge in [-0.2, -0.15) is 22.5 Å². The summed E-state index contributed by atoms with van der Waals surface area (Å²) in [6.07, 6.45) is 2.88. The van der Waals surface area contributed by atoms with Crippen LogP contribution in [0.15, 0.2) is 54.6 Å². The van der Waals surface area contributed by atoms with Crippen molar-refractivity contribution in [3.05, 3.63) is 91.9 Å². The number of piperidine rings is 1. The van der Waals surface area contributed by atoms with Crippen molar-refractivity contribution in [2.75, 3.05) is 26.2 Å². The third-order valence-electron chi connectivity index (χ3n) is 7.76. The van der Waals surface area contributed by atoms with E-state index in [1.54, 1.807) is 17.1 Å². The van der Waals surface area contributed by atoms with Gasteiger partial charge in [-0.15, -0.1) is 11.3 Å². The van der Waals surface area contributed by atoms with Crippen LogP contribution in [0.4, 0.5) is 8.78 Å². The predicted molar refractivity (Wildman–Crippen MR) is 179 cm³/mol. The summed E-state index contributed by atoms with van der Waals surface area (Å²) in [5.74, 6) is 2.68. The highest BCUT2D eigenvalue weighted by Crippen LogP contribution is 2.37. The summed E-state index contributed by atoms with van der Waals surface area (Å²) in [7, 11) is -4.31. The molecule has 2 aliphatic heterocycles. The Balaban J connectivity index is 1.44. The Morgan fingerprint density at radius 1 is 1.02 bits per heavy atom. The van der Waals surface area contributed by atoms with Crippen molar-refractivity contribution in [3.63, 3.8) is 0 Å². The molecule has 9 nitrogen and oxygen atoms in total. The molecule has 4 aromatic rings. The van der Waals surface area contributed by atoms with Crippen molar-refractivity contribution in [3.8, 4) is 28.1 Å². The highest BCUT2D eigenvalue weighted by atomic mass is 35.5. The van der Waals surface area contributed by atoms with E-state index in [0.29, 0.717) is 43.6 Å². The number of carbonyl (C=O) groups is 1. The molecule has 47 heavy (non-hydrogen) atoms. The maximum Gasteiger partial charge on any atom is 0.286 e. The molecule has 2 N–H and O–H groups in total. The molecule has 0 bridgehead atoms. The summed E-state index contributed by atoms with van der Waals surface area (Å²) in [5.41, 5.74) is 5.84. The maximum atomic E-state index is 13.8. The van der Waals surface area contributed by atoms with E-state index in [1.807, 2.05) is 43.3 Å². The zero-order chi connectivity index (χ0) is 33.3. The maximum absolute atomic E-state index is 13.8. The number of hydrogen-bond acceptors (Lipinski definition) is 6. The molecule has 6 rings (SSSR count). The van der Waals surface area contributed by atoms with Crippen molar-refractivity contribution >= 4 is 50.7 Å². The lowest BCUT2D eigenvalue weighted by Crippen LogP contribution is -2.60. The molecule has 15 heteroatoms. The van der Waals surface area contributed by atoms with Gasteiger partial charge in [0.15, 0.2) is 5.69 Å². The molecule has 0 radical (unpaired) electrons. The van der Waals surface area contributed by atoms with Crippen LogP contribution in [-0.4, -0.2) is 65.5 Å². The van der Waals surface area contributed by atoms with Crippen LogP contribution in [0.3, 0.4) is 0 Å². The minimum Gasteiger partial charge on any atom is -0.283 e. The zero-order valence-electron chi connectivity index (χ0n) is 25.2. The van der Waals surface area contributed by atoms with Gasteiger partial charge in [-0.25, -0.2) is 18.5 Å². The molecule has 0 saturated carbocycles. The first kappa shape index (κ1) is 33.5. The number of carbonyl (C=O) groups excluding carboxylic acids is 1. The largest absolute Gasteiger partial charge is 0.286 e. The van der Waals surface area contributed by atoms with Gasteiger partial charge in [0, 0.05) is 35.8 Å². The molecule has 2 fully saturated rings. The van der Waals surface area contributed by atoms with Crippen molar-refractivity contribution in [2.45, 2.75) is 38.7 Å². The lowest BCUT2D eigenvalue weighted by atomic mass is 10.1. The minimum absolute atomic E-state index is 0.0473. The highest BCUT2D eigenvalue weighted by molar-refractivity contribution is 7.87. The molecule has 1 amide bonds. The summed E-state index contributed by atoms with van der Waals surface area (Å²) in [5, 5.41) is 7.12. The van der Waals surface area contributed by atoms with E-state index >= 15 is 0 Å². The molecule has 0 unspecified atom stereocenters. The van der Waals surface area contributed by atoms with Gasteiger partial charge in [0.05, 0.1) is 39.2 Å². The van der Waals surface area contributed by atoms with E-state index in [0.717, 1.165) is 30.4 Å². The molecule has 0 atom stereocenters. The predicted octanol–water partition coefficient (Wildman–Crippen LogP) is 6.03. The Bertz CT molecular complexity index is 1970. The molecule has 2 aromatic carbocycles. The summed E-state index contributed by atoms with van der Waals surface area (Å²) >= 11 is 14.2. The molecule has 2 saturated heterocycles. The molecule has 0 aliphatic carbocycles. The fourth-order valence-electron chi connectivity index (χ4n) is 5.28. The van der Waals surface area contributed by atoms with E-state index in [1.165, 1.54) is 22.1 Å². The smallest absolute Gasteiger partial charge is 0.283 e. The highest BCUT2D eigenvalue weighted by Gasteiger charge is 2.49. The molecule has 2 aliphatic rings. The van der Waals surface area contributed by atoms with Gasteiger partial charge in [0.1, 0.15) is 0 Å². The molecular formula is C32H30Cl2F2N6O3S2. The molecule has 0 spiro atoms. The number of aromatic nitrogens is 2. The third kappa shape index (κ3) is 7.70. The number of aryl methyl sites for hydroxylation is 1. The Morgan fingerprint density at radius 2 is 1.74 bits per heavy atom. The van der Waals surface area contributed by atoms with Crippen LogP contribution in [0.1, 0.15) is 51.3 Å². The van der Waals surface area contributed by atoms with Gasteiger partial charge < -0.3 is 0 Å². The van der Waals surface area contributed by atoms with Crippen LogP contribution in [-0.2, 0) is 16.8 Å². The quantitative estimate of drug-likeness (QED) is 0.217. The first-order chi connectivity index (χ1) is 22.4. The number of rotatable bonds is 8. The Morgan fingerprint density at radius 3 is 2.43 bits per heavy atom. The van der Waals surface area contributed by atoms with Crippen LogP contribution in [0.25, 0.3) is 16.3 Å². The lowest BCUT2D eigenvalue weighted by Gasteiger charge is -2.37. The topological polar surface area (TPSA) is 99.6 Å². The second-order valence-electron chi connectivity index (χ2n) is 11.4. The number of alkyl halides is 2. The molecular weight excluding hydrogens is 689 g/mol. The Labute approximate surface area is 285 Å². The van der Waals surface area contributed by atoms with Crippen LogP contribution in [0.5, 0.6) is 0 Å². The summed E-state index contributed by atoms with van der Waals surface area (Å²) in [6, 6.07) is 16.3. The van der Waals surface area contributed by atoms with Crippen molar-refractivity contribution in [1.82, 2.24) is 29.2 Å². The van der Waals surface area contributed by atoms with E-state index in [-0.39, 0.29) is 16.3 Å². The van der Waals surface area contributed by atoms with Gasteiger partial charge in [-0.1, -0.05) is 59.2 Å². The van der Waals surface area contributed by atoms with Crippen molar-refractivity contribution < 1.29 is 22.0 Å². The lowest BCUT2D eigenvalue weighted by molar-refractivity contribution is -0.0949. The van der Waals surface area contributed by atoms with Gasteiger partial charge in [0.2, 0.25) is 0 Å². The number of nitrogens with one attached hydrogen (secondary N) is 2. The Kier molecular flexibility index (Phi) is 9.74. The van der Waals surface area contributed by atoms with Crippen LogP contribution >= 0.6 is 34.5 Å². The number of amides is 1. The SMILES string of the molecule is Cc1ccc(C#Cc2ccc(-c3c(CNS(=O)(=O)N4CC(F)(F)C4)c(C(=O)NN4CCCCC4)nn3-c3ccc(Cl)cc3Cl)s2)cc1. The number of benzene rings is 2. The summed E-state index contributed by atoms with van der Waals surface area (Å²) < 4.78 is 57.7. The summed E-state index contributed by atoms with van der Waals surface area (Å²) in [4.78, 5) is 15.1. The van der Waals surface area contributed by atoms with Crippen molar-refractivity contribution in [1.29, 1.82) is 0 Å². The van der Waals surface area contributed by atoms with E-state index in [4.69, 9.17) is 23.2 Å². The van der Waals surface area contributed by atoms with Crippen LogP contribution in [0.2, 0.25) is 10.0 Å². The third-order valence-corrected chi connectivity index (χ3v) is 10.8. The average Bonchev–Trinajstić information content (AvgIpc) is 3.64. The molecule has 2 aromatic heterocycles. The second-order valence-corrected chi connectivity index (χ2v) is 15.1. The number of halogens is 4. The number of hydrazine groups is 1. The number of nitrogens with zero attached hydrogens (tertiary/aromatic N) is 4. The van der Waals surface area contributed by atoms with Crippen LogP contribution in [0, 0.1) is 18.8 Å². The summed E-state index contributed by atoms with van der Waals surface area (Å²) in [6.45, 7) is 1.05. The van der Waals surface area contributed by atoms with Crippen LogP contribution < -0.4 is 10.1 Å². The average molecular weight is 720 g/mol. The van der Waals surface area contributed by atoms with Gasteiger partial charge in [-0.3, -0.25) is 10.2 Å². The van der Waals surface area contributed by atoms with Gasteiger partial charge in [0.25, 0.3) is 22.0 Å². The monoisotopic (exact) mass is 718 g/mol. The van der Waals surface area contributed by atoms with Gasteiger partial charge in [-0.05, 0) is 62.2 Å². The fourth-order valence-corrected chi connectivity index (χ4v) is 7.91. The zero-order valence-corrected chi connectivity index (χ0v) is 28.3. The second kappa shape index (κ2) is 13.6. The van der Waals surface area contributed by atoms with E-state index < -0.39 is 41.7 Å². The standard InChI is InChI=1S/C32H30Cl2F2N6O3S2/c1-21-5-7-22(8-6-21)9-11-24-12-14-28(46-24)30-25(18-37-47(44,45)41-19-32(35,36)20-41)29(31(43)39-40-15-3-2-4-16-40)38-42(30)27-13-10-23(33)17-26(27)34/h5-8,10,12-14,17,37H,2-4,15-16,18-20H2,1H3,(H,39,43). The number of thiophene rings is 1. The normalized spacial score (nSPS) is 16.7. The minimum atomic E-state index is -4.31. The molecule has 4 heterocycles. The van der Waals surface area contributed by atoms with Crippen molar-refractivity contribution in [2.24, 2.45) is 0 Å². The first-order valence-corrected chi connectivity index (χ1v) is 17.8. The molecule has 246 valence electrons. The van der Waals surface area contributed by atoms with E-state index in [2.05, 4.69) is 27.1 Å². The fraction of sp³-hybridized carbons (Fsp3) is 0.312. The number of hydrogen-bond donors (Lipinski definition) is 2. The van der Waals surface area contributed by atoms with Gasteiger partial charge >= 0.3 is 0 Å².